The number of rotatable bonds is 22. The molecule has 6 atom stereocenters. The van der Waals surface area contributed by atoms with E-state index in [9.17, 15) is 71.0 Å². The summed E-state index contributed by atoms with van der Waals surface area (Å²) >= 11 is 0. The van der Waals surface area contributed by atoms with E-state index in [1.165, 1.54) is 31.4 Å². The minimum atomic E-state index is -5.36. The number of halogens is 4. The van der Waals surface area contributed by atoms with Crippen LogP contribution >= 0.6 is 0 Å². The molecule has 29 heteroatoms. The monoisotopic (exact) mass is 1150 g/mol. The van der Waals surface area contributed by atoms with Crippen LogP contribution in [0.3, 0.4) is 0 Å². The fourth-order valence-corrected chi connectivity index (χ4v) is 10.4. The second-order valence-electron chi connectivity index (χ2n) is 20.0. The summed E-state index contributed by atoms with van der Waals surface area (Å²) in [5.74, 6) is -11.5. The molecule has 0 spiro atoms. The number of carbonyl (C=O) groups excluding carboxylic acids is 9. The van der Waals surface area contributed by atoms with E-state index in [2.05, 4.69) is 31.9 Å². The van der Waals surface area contributed by atoms with Crippen molar-refractivity contribution >= 4 is 70.1 Å². The third-order valence-corrected chi connectivity index (χ3v) is 14.6. The Morgan fingerprint density at radius 1 is 0.890 bits per heavy atom. The number of nitrogens with one attached hydrogen (secondary N) is 7. The van der Waals surface area contributed by atoms with Crippen molar-refractivity contribution in [2.24, 2.45) is 5.92 Å². The number of ether oxygens (including phenoxy) is 2. The largest absolute Gasteiger partial charge is 0.480 e. The van der Waals surface area contributed by atoms with E-state index in [0.717, 1.165) is 6.07 Å². The van der Waals surface area contributed by atoms with Gasteiger partial charge in [-0.25, -0.2) is 14.2 Å². The van der Waals surface area contributed by atoms with Crippen LogP contribution < -0.4 is 42.8 Å². The lowest BCUT2D eigenvalue weighted by molar-refractivity contribution is -0.220. The number of carboxylic acids is 1. The molecule has 9 N–H and O–H groups in total. The Morgan fingerprint density at radius 3 is 2.23 bits per heavy atom. The highest BCUT2D eigenvalue weighted by Gasteiger charge is 2.49. The molecule has 8 rings (SSSR count). The molecule has 2 aromatic heterocycles. The van der Waals surface area contributed by atoms with Gasteiger partial charge in [-0.15, -0.1) is 0 Å². The maximum atomic E-state index is 15.4. The average Bonchev–Trinajstić information content (AvgIpc) is 3.04. The van der Waals surface area contributed by atoms with Gasteiger partial charge in [-0.05, 0) is 54.5 Å². The highest BCUT2D eigenvalue weighted by Crippen LogP contribution is 2.46. The Labute approximate surface area is 462 Å². The van der Waals surface area contributed by atoms with Crippen molar-refractivity contribution < 1.29 is 85.2 Å². The molecule has 25 nitrogen and oxygen atoms in total. The van der Waals surface area contributed by atoms with Crippen LogP contribution in [0.4, 0.5) is 17.6 Å². The van der Waals surface area contributed by atoms with Crippen molar-refractivity contribution in [3.63, 3.8) is 0 Å². The number of benzene rings is 2. The fourth-order valence-electron chi connectivity index (χ4n) is 10.4. The molecular weight excluding hydrogens is 1090 g/mol. The number of amides is 8. The number of nitrogens with zero attached hydrogens (tertiary/aromatic N) is 3. The third kappa shape index (κ3) is 12.3. The standard InChI is InChI=1S/C53H56F4N10O15/c1-4-52(80)30-14-35-44-28(21-66(35)50(78)29(30)22-81-51(52)79)43-32(11-10-27-25(3)31(54)15-33(64-44)42(27)43)65-48(76)45(53(55,56)57)82-23-62-38(69)18-60-46(74)34(13-26-8-6-5-7-9-26)63-39(70)19-59-37(68)17-61-47(75)36(16-58-20-41(72)73)67-40(71)12-24(2)49(67)77/h5-9,14-15,24,32,34,36,45,58,80H,4,10-13,16-23H2,1-3H3,(H,59,68)(H,60,74)(H,61,75)(H,62,69)(H,63,70)(H,65,76)(H,72,73)/t24?,32-,34-,36+,45+,52-/m0/s1. The number of hydrogen-bond donors (Lipinski definition) is 9. The molecule has 0 radical (unpaired) electrons. The van der Waals surface area contributed by atoms with Gasteiger partial charge in [0.25, 0.3) is 11.5 Å². The maximum Gasteiger partial charge on any atom is 0.423 e. The number of carboxylic acid groups (broad SMARTS) is 1. The van der Waals surface area contributed by atoms with Crippen LogP contribution in [0.1, 0.15) is 78.1 Å². The van der Waals surface area contributed by atoms with Gasteiger partial charge >= 0.3 is 18.1 Å². The number of cyclic esters (lactones) is 1. The summed E-state index contributed by atoms with van der Waals surface area (Å²) in [5.41, 5.74) is -0.704. The Balaban J connectivity index is 0.884. The van der Waals surface area contributed by atoms with Crippen LogP contribution in [0.25, 0.3) is 22.3 Å². The van der Waals surface area contributed by atoms with Crippen molar-refractivity contribution in [2.75, 3.05) is 39.5 Å². The number of imide groups is 1. The van der Waals surface area contributed by atoms with Gasteiger partial charge in [0.1, 0.15) is 31.2 Å². The lowest BCUT2D eigenvalue weighted by Crippen LogP contribution is -2.56. The molecule has 1 aliphatic carbocycles. The smallest absolute Gasteiger partial charge is 0.423 e. The normalized spacial score (nSPS) is 19.0. The van der Waals surface area contributed by atoms with E-state index < -0.39 is 159 Å². The molecule has 0 bridgehead atoms. The van der Waals surface area contributed by atoms with Crippen LogP contribution in [0.5, 0.6) is 0 Å². The minimum Gasteiger partial charge on any atom is -0.480 e. The first-order valence-electron chi connectivity index (χ1n) is 25.8. The molecule has 8 amide bonds. The van der Waals surface area contributed by atoms with Gasteiger partial charge in [0.15, 0.2) is 5.60 Å². The molecule has 5 heterocycles. The van der Waals surface area contributed by atoms with E-state index in [1.54, 1.807) is 30.3 Å². The van der Waals surface area contributed by atoms with Crippen molar-refractivity contribution in [1.29, 1.82) is 0 Å². The Hall–Kier alpha value is -8.70. The first kappa shape index (κ1) is 59.4. The molecule has 82 heavy (non-hydrogen) atoms. The molecule has 0 saturated carbocycles. The lowest BCUT2D eigenvalue weighted by atomic mass is 9.81. The molecule has 3 aliphatic heterocycles. The molecule has 4 aromatic rings. The van der Waals surface area contributed by atoms with Gasteiger partial charge < -0.3 is 61.5 Å². The minimum absolute atomic E-state index is 0.0000191. The van der Waals surface area contributed by atoms with Gasteiger partial charge in [0.05, 0.1) is 61.2 Å². The van der Waals surface area contributed by atoms with Gasteiger partial charge in [-0.3, -0.25) is 52.8 Å². The molecule has 1 unspecified atom stereocenters. The van der Waals surface area contributed by atoms with Crippen LogP contribution in [-0.2, 0) is 89.0 Å². The van der Waals surface area contributed by atoms with Crippen molar-refractivity contribution in [3.8, 4) is 11.4 Å². The zero-order valence-electron chi connectivity index (χ0n) is 44.2. The van der Waals surface area contributed by atoms with Crippen molar-refractivity contribution in [1.82, 2.24) is 51.7 Å². The topological polar surface area (TPSA) is 352 Å². The fraction of sp³-hybridized carbons (Fsp3) is 0.434. The second kappa shape index (κ2) is 24.2. The van der Waals surface area contributed by atoms with Gasteiger partial charge in [-0.1, -0.05) is 44.2 Å². The van der Waals surface area contributed by atoms with Crippen LogP contribution in [0, 0.1) is 18.7 Å². The number of aliphatic carboxylic acids is 1. The summed E-state index contributed by atoms with van der Waals surface area (Å²) in [6.07, 6.45) is -9.00. The van der Waals surface area contributed by atoms with E-state index in [0.29, 0.717) is 27.0 Å². The van der Waals surface area contributed by atoms with Crippen molar-refractivity contribution in [3.05, 3.63) is 97.6 Å². The first-order chi connectivity index (χ1) is 38.8. The number of carbonyl (C=O) groups is 10. The highest BCUT2D eigenvalue weighted by molar-refractivity contribution is 6.07. The zero-order chi connectivity index (χ0) is 59.5. The Morgan fingerprint density at radius 2 is 1.57 bits per heavy atom. The summed E-state index contributed by atoms with van der Waals surface area (Å²) in [5, 5.41) is 36.7. The molecule has 1 fully saturated rings. The summed E-state index contributed by atoms with van der Waals surface area (Å²) < 4.78 is 70.8. The number of aromatic nitrogens is 2. The molecule has 2 aromatic carbocycles. The van der Waals surface area contributed by atoms with Gasteiger partial charge in [0, 0.05) is 47.9 Å². The van der Waals surface area contributed by atoms with Crippen molar-refractivity contribution in [2.45, 2.75) is 102 Å². The van der Waals surface area contributed by atoms with E-state index in [4.69, 9.17) is 19.6 Å². The second-order valence-corrected chi connectivity index (χ2v) is 20.0. The predicted octanol–water partition coefficient (Wildman–Crippen LogP) is -0.834. The van der Waals surface area contributed by atoms with Crippen LogP contribution in [0.15, 0.2) is 47.3 Å². The quantitative estimate of drug-likeness (QED) is 0.0177. The number of aryl methyl sites for hydroxylation is 1. The molecule has 1 saturated heterocycles. The summed E-state index contributed by atoms with van der Waals surface area (Å²) in [7, 11) is 0. The Kier molecular flexibility index (Phi) is 17.5. The molecular formula is C53H56F4N10O15. The number of hydrogen-bond acceptors (Lipinski definition) is 16. The Bertz CT molecular complexity index is 3380. The van der Waals surface area contributed by atoms with Gasteiger partial charge in [0.2, 0.25) is 47.5 Å². The van der Waals surface area contributed by atoms with Gasteiger partial charge in [-0.2, -0.15) is 13.2 Å². The van der Waals surface area contributed by atoms with Crippen LogP contribution in [-0.4, -0.2) is 148 Å². The number of fused-ring (bicyclic) bond motifs is 5. The summed E-state index contributed by atoms with van der Waals surface area (Å²) in [6.45, 7) is -0.791. The predicted molar refractivity (Wildman–Crippen MR) is 273 cm³/mol. The summed E-state index contributed by atoms with van der Waals surface area (Å²) in [4.78, 5) is 147. The lowest BCUT2D eigenvalue weighted by Gasteiger charge is -2.31. The zero-order valence-corrected chi connectivity index (χ0v) is 44.2. The van der Waals surface area contributed by atoms with E-state index in [-0.39, 0.29) is 77.8 Å². The highest BCUT2D eigenvalue weighted by atomic mass is 19.4. The SMILES string of the molecule is CC[C@@]1(O)C(=O)OCc2c1cc1n(c2=O)Cc2c-1nc1cc(F)c(C)c3c1c2[C@@H](NC(=O)[C@@H](OCNC(=O)CNC(=O)[C@H](Cc1ccccc1)NC(=O)CNC(=O)CNC(=O)[C@@H](CNCC(=O)O)N1C(=O)CC(C)C1=O)C(F)(F)F)CC3. The third-order valence-electron chi connectivity index (χ3n) is 14.6. The van der Waals surface area contributed by atoms with Crippen LogP contribution in [0.2, 0.25) is 0 Å². The van der Waals surface area contributed by atoms with E-state index in [1.807, 2.05) is 5.32 Å². The number of pyridine rings is 2. The maximum absolute atomic E-state index is 15.4. The number of likely N-dealkylation sites (tertiary alicyclic amines) is 1. The number of alkyl halides is 3. The molecule has 436 valence electrons. The molecule has 4 aliphatic rings. The number of esters is 1. The first-order valence-corrected chi connectivity index (χ1v) is 25.8. The van der Waals surface area contributed by atoms with E-state index >= 15 is 4.39 Å². The average molecular weight is 1150 g/mol. The number of aliphatic hydroxyl groups is 1. The summed E-state index contributed by atoms with van der Waals surface area (Å²) in [6, 6.07) is 6.60.